The molecule has 1 aliphatic heterocycles. The van der Waals surface area contributed by atoms with Crippen LogP contribution in [0.2, 0.25) is 0 Å². The van der Waals surface area contributed by atoms with Gasteiger partial charge in [-0.1, -0.05) is 54.6 Å². The smallest absolute Gasteiger partial charge is 0.194 e. The number of rotatable bonds is 8. The first kappa shape index (κ1) is 22.3. The third kappa shape index (κ3) is 6.55. The molecule has 0 aromatic heterocycles. The molecule has 3 rings (SSSR count). The number of guanidine groups is 1. The van der Waals surface area contributed by atoms with E-state index in [-0.39, 0.29) is 12.7 Å². The Balaban J connectivity index is 1.54. The Morgan fingerprint density at radius 1 is 1.23 bits per heavy atom. The zero-order chi connectivity index (χ0) is 21.2. The molecular formula is C24H33N3O3. The first-order chi connectivity index (χ1) is 14.7. The van der Waals surface area contributed by atoms with Crippen molar-refractivity contribution in [2.24, 2.45) is 4.99 Å². The summed E-state index contributed by atoms with van der Waals surface area (Å²) >= 11 is 0. The Bertz CT molecular complexity index is 797. The van der Waals surface area contributed by atoms with Gasteiger partial charge in [0.05, 0.1) is 39.0 Å². The normalized spacial score (nSPS) is 18.3. The molecule has 6 heteroatoms. The zero-order valence-electron chi connectivity index (χ0n) is 18.0. The van der Waals surface area contributed by atoms with E-state index >= 15 is 0 Å². The highest BCUT2D eigenvalue weighted by Crippen LogP contribution is 2.25. The number of aliphatic hydroxyl groups excluding tert-OH is 1. The number of nitrogens with zero attached hydrogens (tertiary/aromatic N) is 2. The van der Waals surface area contributed by atoms with E-state index in [4.69, 9.17) is 9.47 Å². The second-order valence-corrected chi connectivity index (χ2v) is 7.51. The Morgan fingerprint density at radius 2 is 2.00 bits per heavy atom. The molecule has 1 saturated heterocycles. The van der Waals surface area contributed by atoms with Crippen LogP contribution < -0.4 is 5.32 Å². The Hall–Kier alpha value is -2.41. The van der Waals surface area contributed by atoms with Crippen molar-refractivity contribution in [2.75, 3.05) is 39.4 Å². The van der Waals surface area contributed by atoms with Gasteiger partial charge in [-0.05, 0) is 30.5 Å². The average Bonchev–Trinajstić information content (AvgIpc) is 2.78. The lowest BCUT2D eigenvalue weighted by atomic mass is 10.0. The van der Waals surface area contributed by atoms with Gasteiger partial charge in [-0.2, -0.15) is 0 Å². The van der Waals surface area contributed by atoms with Crippen LogP contribution in [0.25, 0.3) is 0 Å². The maximum atomic E-state index is 10.3. The number of aliphatic hydroxyl groups is 1. The second-order valence-electron chi connectivity index (χ2n) is 7.51. The van der Waals surface area contributed by atoms with Crippen molar-refractivity contribution in [3.63, 3.8) is 0 Å². The fourth-order valence-electron chi connectivity index (χ4n) is 3.54. The van der Waals surface area contributed by atoms with Gasteiger partial charge in [0.1, 0.15) is 6.10 Å². The third-order valence-corrected chi connectivity index (χ3v) is 5.11. The highest BCUT2D eigenvalue weighted by Gasteiger charge is 2.25. The van der Waals surface area contributed by atoms with Gasteiger partial charge in [-0.15, -0.1) is 0 Å². The molecule has 0 aliphatic carbocycles. The van der Waals surface area contributed by atoms with E-state index in [0.717, 1.165) is 31.2 Å². The van der Waals surface area contributed by atoms with E-state index in [2.05, 4.69) is 40.3 Å². The monoisotopic (exact) mass is 411 g/mol. The molecule has 0 bridgehead atoms. The predicted molar refractivity (Wildman–Crippen MR) is 120 cm³/mol. The van der Waals surface area contributed by atoms with Crippen molar-refractivity contribution in [3.05, 3.63) is 71.3 Å². The summed E-state index contributed by atoms with van der Waals surface area (Å²) in [5.41, 5.74) is 3.54. The summed E-state index contributed by atoms with van der Waals surface area (Å²) in [6.45, 7) is 8.13. The average molecular weight is 412 g/mol. The van der Waals surface area contributed by atoms with E-state index in [1.165, 1.54) is 11.1 Å². The van der Waals surface area contributed by atoms with Crippen molar-refractivity contribution < 1.29 is 14.6 Å². The summed E-state index contributed by atoms with van der Waals surface area (Å²) in [4.78, 5) is 6.87. The minimum Gasteiger partial charge on any atom is -0.389 e. The number of hydrogen-bond acceptors (Lipinski definition) is 4. The zero-order valence-corrected chi connectivity index (χ0v) is 18.0. The molecule has 2 unspecified atom stereocenters. The molecule has 6 nitrogen and oxygen atoms in total. The van der Waals surface area contributed by atoms with Crippen molar-refractivity contribution >= 4 is 5.96 Å². The van der Waals surface area contributed by atoms with Gasteiger partial charge in [0.15, 0.2) is 5.96 Å². The minimum absolute atomic E-state index is 0.0166. The number of aliphatic imine (C=N–C) groups is 1. The molecule has 1 heterocycles. The van der Waals surface area contributed by atoms with Crippen LogP contribution >= 0.6 is 0 Å². The molecule has 1 fully saturated rings. The van der Waals surface area contributed by atoms with Gasteiger partial charge in [0.2, 0.25) is 0 Å². The molecule has 162 valence electrons. The summed E-state index contributed by atoms with van der Waals surface area (Å²) in [7, 11) is 0. The standard InChI is InChI=1S/C24H33N3O3/c1-3-25-24(26-15-21(28)18-29-17-20-10-5-4-6-11-20)27-13-14-30-23(16-27)22-12-8-7-9-19(22)2/h4-12,21,23,28H,3,13-18H2,1-2H3,(H,25,26). The van der Waals surface area contributed by atoms with Gasteiger partial charge >= 0.3 is 0 Å². The minimum atomic E-state index is -0.643. The van der Waals surface area contributed by atoms with Crippen molar-refractivity contribution in [1.82, 2.24) is 10.2 Å². The summed E-state index contributed by atoms with van der Waals surface area (Å²) in [6.07, 6.45) is -0.626. The fraction of sp³-hybridized carbons (Fsp3) is 0.458. The van der Waals surface area contributed by atoms with Gasteiger partial charge in [-0.25, -0.2) is 0 Å². The van der Waals surface area contributed by atoms with Crippen molar-refractivity contribution in [2.45, 2.75) is 32.7 Å². The van der Waals surface area contributed by atoms with Crippen LogP contribution in [0.3, 0.4) is 0 Å². The SMILES string of the molecule is CCNC(=NCC(O)COCc1ccccc1)N1CCOC(c2ccccc2C)C1. The van der Waals surface area contributed by atoms with E-state index in [1.54, 1.807) is 0 Å². The van der Waals surface area contributed by atoms with Gasteiger partial charge in [-0.3, -0.25) is 4.99 Å². The molecule has 2 atom stereocenters. The number of morpholine rings is 1. The summed E-state index contributed by atoms with van der Waals surface area (Å²) in [6, 6.07) is 18.3. The fourth-order valence-corrected chi connectivity index (χ4v) is 3.54. The number of hydrogen-bond donors (Lipinski definition) is 2. The quantitative estimate of drug-likeness (QED) is 0.517. The highest BCUT2D eigenvalue weighted by molar-refractivity contribution is 5.80. The first-order valence-corrected chi connectivity index (χ1v) is 10.7. The predicted octanol–water partition coefficient (Wildman–Crippen LogP) is 2.91. The first-order valence-electron chi connectivity index (χ1n) is 10.7. The lowest BCUT2D eigenvalue weighted by Gasteiger charge is -2.36. The molecule has 0 saturated carbocycles. The van der Waals surface area contributed by atoms with Gasteiger partial charge in [0.25, 0.3) is 0 Å². The second kappa shape index (κ2) is 11.7. The van der Waals surface area contributed by atoms with Crippen LogP contribution in [0.15, 0.2) is 59.6 Å². The molecule has 0 amide bonds. The molecule has 1 aliphatic rings. The number of nitrogens with one attached hydrogen (secondary N) is 1. The lowest BCUT2D eigenvalue weighted by molar-refractivity contribution is -0.00856. The van der Waals surface area contributed by atoms with E-state index in [9.17, 15) is 5.11 Å². The van der Waals surface area contributed by atoms with Crippen molar-refractivity contribution in [1.29, 1.82) is 0 Å². The lowest BCUT2D eigenvalue weighted by Crippen LogP contribution is -2.48. The van der Waals surface area contributed by atoms with Gasteiger partial charge in [0, 0.05) is 13.1 Å². The molecule has 30 heavy (non-hydrogen) atoms. The Kier molecular flexibility index (Phi) is 8.68. The largest absolute Gasteiger partial charge is 0.389 e. The summed E-state index contributed by atoms with van der Waals surface area (Å²) < 4.78 is 11.7. The molecule has 2 aromatic carbocycles. The van der Waals surface area contributed by atoms with Crippen LogP contribution in [0.5, 0.6) is 0 Å². The van der Waals surface area contributed by atoms with E-state index in [1.807, 2.05) is 43.3 Å². The molecule has 2 N–H and O–H groups in total. The molecule has 0 spiro atoms. The maximum absolute atomic E-state index is 10.3. The topological polar surface area (TPSA) is 66.3 Å². The third-order valence-electron chi connectivity index (χ3n) is 5.11. The van der Waals surface area contributed by atoms with Crippen LogP contribution in [0.1, 0.15) is 29.7 Å². The van der Waals surface area contributed by atoms with Crippen LogP contribution in [0.4, 0.5) is 0 Å². The molecule has 0 radical (unpaired) electrons. The Morgan fingerprint density at radius 3 is 2.77 bits per heavy atom. The summed E-state index contributed by atoms with van der Waals surface area (Å²) in [5, 5.41) is 13.7. The highest BCUT2D eigenvalue weighted by atomic mass is 16.5. The Labute approximate surface area is 179 Å². The molecule has 2 aromatic rings. The van der Waals surface area contributed by atoms with Crippen molar-refractivity contribution in [3.8, 4) is 0 Å². The van der Waals surface area contributed by atoms with E-state index < -0.39 is 6.10 Å². The number of ether oxygens (including phenoxy) is 2. The number of aryl methyl sites for hydroxylation is 1. The van der Waals surface area contributed by atoms with Crippen LogP contribution in [-0.2, 0) is 16.1 Å². The van der Waals surface area contributed by atoms with Crippen LogP contribution in [-0.4, -0.2) is 61.5 Å². The van der Waals surface area contributed by atoms with Crippen LogP contribution in [0, 0.1) is 6.92 Å². The van der Waals surface area contributed by atoms with E-state index in [0.29, 0.717) is 19.8 Å². The van der Waals surface area contributed by atoms with Gasteiger partial charge < -0.3 is 24.8 Å². The maximum Gasteiger partial charge on any atom is 0.194 e. The summed E-state index contributed by atoms with van der Waals surface area (Å²) in [5.74, 6) is 0.807. The number of benzene rings is 2. The molecular weight excluding hydrogens is 378 g/mol.